The van der Waals surface area contributed by atoms with E-state index in [-0.39, 0.29) is 11.2 Å². The summed E-state index contributed by atoms with van der Waals surface area (Å²) in [5, 5.41) is 3.23. The summed E-state index contributed by atoms with van der Waals surface area (Å²) in [5.74, 6) is -0.575. The summed E-state index contributed by atoms with van der Waals surface area (Å²) in [6.45, 7) is 3.70. The van der Waals surface area contributed by atoms with Gasteiger partial charge in [0.1, 0.15) is 0 Å². The van der Waals surface area contributed by atoms with Gasteiger partial charge in [0.05, 0.1) is 17.9 Å². The van der Waals surface area contributed by atoms with Crippen molar-refractivity contribution in [1.29, 1.82) is 0 Å². The standard InChI is InChI=1S/C18H18ClNO3S/c1-11-4-5-13(18(22)23-3)10-16(11)20-17(21)12(2)24-15-8-6-14(19)7-9-15/h4-10,12H,1-3H3,(H,20,21)/t12-/m1/s1. The number of hydrogen-bond donors (Lipinski definition) is 1. The van der Waals surface area contributed by atoms with E-state index in [0.717, 1.165) is 10.5 Å². The monoisotopic (exact) mass is 363 g/mol. The Morgan fingerprint density at radius 3 is 2.46 bits per heavy atom. The van der Waals surface area contributed by atoms with Gasteiger partial charge in [-0.15, -0.1) is 11.8 Å². The minimum absolute atomic E-state index is 0.139. The SMILES string of the molecule is COC(=O)c1ccc(C)c(NC(=O)[C@@H](C)Sc2ccc(Cl)cc2)c1. The Bertz CT molecular complexity index is 746. The van der Waals surface area contributed by atoms with Gasteiger partial charge in [-0.25, -0.2) is 4.79 Å². The fourth-order valence-corrected chi connectivity index (χ4v) is 3.00. The lowest BCUT2D eigenvalue weighted by Gasteiger charge is -2.14. The summed E-state index contributed by atoms with van der Waals surface area (Å²) in [6.07, 6.45) is 0. The van der Waals surface area contributed by atoms with E-state index in [9.17, 15) is 9.59 Å². The number of ether oxygens (including phenoxy) is 1. The Hall–Kier alpha value is -1.98. The van der Waals surface area contributed by atoms with E-state index in [4.69, 9.17) is 16.3 Å². The molecule has 4 nitrogen and oxygen atoms in total. The Morgan fingerprint density at radius 1 is 1.17 bits per heavy atom. The number of esters is 1. The van der Waals surface area contributed by atoms with Crippen molar-refractivity contribution in [3.63, 3.8) is 0 Å². The van der Waals surface area contributed by atoms with E-state index < -0.39 is 5.97 Å². The lowest BCUT2D eigenvalue weighted by molar-refractivity contribution is -0.115. The molecule has 0 aliphatic carbocycles. The van der Waals surface area contributed by atoms with Crippen LogP contribution in [0, 0.1) is 6.92 Å². The third-order valence-corrected chi connectivity index (χ3v) is 4.78. The first-order chi connectivity index (χ1) is 11.4. The van der Waals surface area contributed by atoms with E-state index in [1.807, 2.05) is 26.0 Å². The van der Waals surface area contributed by atoms with Crippen molar-refractivity contribution in [3.05, 3.63) is 58.6 Å². The molecule has 6 heteroatoms. The topological polar surface area (TPSA) is 55.4 Å². The summed E-state index contributed by atoms with van der Waals surface area (Å²) in [5.41, 5.74) is 1.88. The van der Waals surface area contributed by atoms with Crippen molar-refractivity contribution in [2.24, 2.45) is 0 Å². The van der Waals surface area contributed by atoms with Crippen molar-refractivity contribution in [2.75, 3.05) is 12.4 Å². The highest BCUT2D eigenvalue weighted by Gasteiger charge is 2.16. The van der Waals surface area contributed by atoms with E-state index in [0.29, 0.717) is 16.3 Å². The number of carbonyl (C=O) groups is 2. The quantitative estimate of drug-likeness (QED) is 0.625. The second-order valence-corrected chi connectivity index (χ2v) is 7.08. The van der Waals surface area contributed by atoms with Crippen molar-refractivity contribution < 1.29 is 14.3 Å². The Kier molecular flexibility index (Phi) is 6.29. The maximum absolute atomic E-state index is 12.4. The molecule has 0 aliphatic rings. The smallest absolute Gasteiger partial charge is 0.337 e. The van der Waals surface area contributed by atoms with Crippen LogP contribution in [0.15, 0.2) is 47.4 Å². The highest BCUT2D eigenvalue weighted by Crippen LogP contribution is 2.26. The van der Waals surface area contributed by atoms with Crippen LogP contribution in [-0.4, -0.2) is 24.2 Å². The molecule has 2 aromatic rings. The van der Waals surface area contributed by atoms with Crippen LogP contribution in [0.25, 0.3) is 0 Å². The minimum atomic E-state index is -0.436. The average Bonchev–Trinajstić information content (AvgIpc) is 2.58. The Labute approximate surface area is 150 Å². The number of thioether (sulfide) groups is 1. The van der Waals surface area contributed by atoms with Crippen LogP contribution in [0.2, 0.25) is 5.02 Å². The third kappa shape index (κ3) is 4.76. The maximum atomic E-state index is 12.4. The van der Waals surface area contributed by atoms with Gasteiger partial charge in [-0.3, -0.25) is 4.79 Å². The third-order valence-electron chi connectivity index (χ3n) is 3.41. The summed E-state index contributed by atoms with van der Waals surface area (Å²) in [7, 11) is 1.32. The number of benzene rings is 2. The number of halogens is 1. The predicted octanol–water partition coefficient (Wildman–Crippen LogP) is 4.55. The molecule has 0 aliphatic heterocycles. The van der Waals surface area contributed by atoms with Crippen LogP contribution in [0.3, 0.4) is 0 Å². The summed E-state index contributed by atoms with van der Waals surface area (Å²) >= 11 is 7.30. The van der Waals surface area contributed by atoms with Gasteiger partial charge in [-0.05, 0) is 55.8 Å². The van der Waals surface area contributed by atoms with Crippen LogP contribution in [0.5, 0.6) is 0 Å². The molecule has 0 saturated heterocycles. The van der Waals surface area contributed by atoms with E-state index >= 15 is 0 Å². The highest BCUT2D eigenvalue weighted by molar-refractivity contribution is 8.00. The molecular weight excluding hydrogens is 346 g/mol. The first-order valence-electron chi connectivity index (χ1n) is 7.32. The minimum Gasteiger partial charge on any atom is -0.465 e. The van der Waals surface area contributed by atoms with Crippen molar-refractivity contribution in [2.45, 2.75) is 24.0 Å². The molecule has 1 N–H and O–H groups in total. The number of carbonyl (C=O) groups excluding carboxylic acids is 2. The van der Waals surface area contributed by atoms with Gasteiger partial charge in [-0.1, -0.05) is 17.7 Å². The van der Waals surface area contributed by atoms with Gasteiger partial charge in [0.15, 0.2) is 0 Å². The van der Waals surface area contributed by atoms with Crippen LogP contribution in [-0.2, 0) is 9.53 Å². The molecule has 0 aromatic heterocycles. The zero-order valence-corrected chi connectivity index (χ0v) is 15.2. The van der Waals surface area contributed by atoms with E-state index in [1.54, 1.807) is 30.3 Å². The maximum Gasteiger partial charge on any atom is 0.337 e. The molecule has 0 radical (unpaired) electrons. The largest absolute Gasteiger partial charge is 0.465 e. The lowest BCUT2D eigenvalue weighted by Crippen LogP contribution is -2.23. The summed E-state index contributed by atoms with van der Waals surface area (Å²) in [6, 6.07) is 12.4. The average molecular weight is 364 g/mol. The molecular formula is C18H18ClNO3S. The van der Waals surface area contributed by atoms with Crippen LogP contribution < -0.4 is 5.32 Å². The van der Waals surface area contributed by atoms with Crippen molar-refractivity contribution >= 4 is 40.9 Å². The molecule has 1 atom stereocenters. The molecule has 126 valence electrons. The van der Waals surface area contributed by atoms with Crippen LogP contribution >= 0.6 is 23.4 Å². The zero-order valence-electron chi connectivity index (χ0n) is 13.6. The second kappa shape index (κ2) is 8.22. The van der Waals surface area contributed by atoms with Gasteiger partial charge >= 0.3 is 5.97 Å². The van der Waals surface area contributed by atoms with Crippen molar-refractivity contribution in [1.82, 2.24) is 0 Å². The van der Waals surface area contributed by atoms with Gasteiger partial charge < -0.3 is 10.1 Å². The normalized spacial score (nSPS) is 11.7. The fourth-order valence-electron chi connectivity index (χ4n) is 2.01. The Morgan fingerprint density at radius 2 is 1.83 bits per heavy atom. The molecule has 0 heterocycles. The number of anilines is 1. The van der Waals surface area contributed by atoms with Gasteiger partial charge in [0.25, 0.3) is 0 Å². The second-order valence-electron chi connectivity index (χ2n) is 5.22. The first kappa shape index (κ1) is 18.4. The number of amides is 1. The molecule has 2 aromatic carbocycles. The molecule has 0 bridgehead atoms. The first-order valence-corrected chi connectivity index (χ1v) is 8.58. The number of aryl methyl sites for hydroxylation is 1. The Balaban J connectivity index is 2.08. The van der Waals surface area contributed by atoms with E-state index in [2.05, 4.69) is 5.32 Å². The number of nitrogens with one attached hydrogen (secondary N) is 1. The van der Waals surface area contributed by atoms with Crippen LogP contribution in [0.4, 0.5) is 5.69 Å². The molecule has 0 unspecified atom stereocenters. The van der Waals surface area contributed by atoms with Crippen LogP contribution in [0.1, 0.15) is 22.8 Å². The summed E-state index contributed by atoms with van der Waals surface area (Å²) < 4.78 is 4.71. The highest BCUT2D eigenvalue weighted by atomic mass is 35.5. The molecule has 24 heavy (non-hydrogen) atoms. The number of hydrogen-bond acceptors (Lipinski definition) is 4. The fraction of sp³-hybridized carbons (Fsp3) is 0.222. The molecule has 1 amide bonds. The van der Waals surface area contributed by atoms with Gasteiger partial charge in [-0.2, -0.15) is 0 Å². The molecule has 2 rings (SSSR count). The van der Waals surface area contributed by atoms with Crippen molar-refractivity contribution in [3.8, 4) is 0 Å². The summed E-state index contributed by atoms with van der Waals surface area (Å²) in [4.78, 5) is 25.0. The lowest BCUT2D eigenvalue weighted by atomic mass is 10.1. The van der Waals surface area contributed by atoms with Gasteiger partial charge in [0.2, 0.25) is 5.91 Å². The van der Waals surface area contributed by atoms with Gasteiger partial charge in [0, 0.05) is 15.6 Å². The number of methoxy groups -OCH3 is 1. The molecule has 0 saturated carbocycles. The molecule has 0 fully saturated rings. The predicted molar refractivity (Wildman–Crippen MR) is 97.9 cm³/mol. The van der Waals surface area contributed by atoms with E-state index in [1.165, 1.54) is 18.9 Å². The zero-order chi connectivity index (χ0) is 17.7. The number of rotatable bonds is 5. The molecule has 0 spiro atoms.